The highest BCUT2D eigenvalue weighted by Gasteiger charge is 2.23. The summed E-state index contributed by atoms with van der Waals surface area (Å²) in [6, 6.07) is 0. The van der Waals surface area contributed by atoms with Crippen LogP contribution in [-0.4, -0.2) is 37.4 Å². The van der Waals surface area contributed by atoms with Crippen LogP contribution in [0.25, 0.3) is 0 Å². The van der Waals surface area contributed by atoms with Crippen molar-refractivity contribution in [2.75, 3.05) is 12.8 Å². The van der Waals surface area contributed by atoms with Crippen LogP contribution in [0.15, 0.2) is 0 Å². The number of hydrogen-bond acceptors (Lipinski definition) is 4. The maximum atomic E-state index is 11.3. The fourth-order valence-corrected chi connectivity index (χ4v) is 1.25. The van der Waals surface area contributed by atoms with Gasteiger partial charge in [-0.15, -0.1) is 0 Å². The first kappa shape index (κ1) is 14.3. The van der Waals surface area contributed by atoms with Gasteiger partial charge in [0.05, 0.1) is 4.99 Å². The van der Waals surface area contributed by atoms with E-state index in [0.29, 0.717) is 4.99 Å². The summed E-state index contributed by atoms with van der Waals surface area (Å²) in [6.07, 6.45) is 1.02. The molecule has 0 bridgehead atoms. The van der Waals surface area contributed by atoms with Crippen LogP contribution in [0.4, 0.5) is 0 Å². The van der Waals surface area contributed by atoms with Crippen molar-refractivity contribution in [2.45, 2.75) is 19.1 Å². The topological polar surface area (TPSA) is 89.3 Å². The van der Waals surface area contributed by atoms with E-state index in [2.05, 4.69) is 5.32 Å². The van der Waals surface area contributed by atoms with E-state index in [4.69, 9.17) is 18.0 Å². The summed E-state index contributed by atoms with van der Waals surface area (Å²) in [5.74, 6) is -0.670. The summed E-state index contributed by atoms with van der Waals surface area (Å²) in [4.78, 5) is 11.6. The van der Waals surface area contributed by atoms with E-state index in [1.54, 1.807) is 6.92 Å². The van der Waals surface area contributed by atoms with Crippen LogP contribution in [0.5, 0.6) is 0 Å². The van der Waals surface area contributed by atoms with Gasteiger partial charge in [-0.2, -0.15) is 0 Å². The molecule has 0 aromatic heterocycles. The van der Waals surface area contributed by atoms with Crippen molar-refractivity contribution < 1.29 is 13.2 Å². The van der Waals surface area contributed by atoms with E-state index >= 15 is 0 Å². The molecule has 2 atom stereocenters. The van der Waals surface area contributed by atoms with Gasteiger partial charge in [0.2, 0.25) is 5.91 Å². The van der Waals surface area contributed by atoms with Gasteiger partial charge in [-0.05, 0) is 6.92 Å². The van der Waals surface area contributed by atoms with Crippen molar-refractivity contribution in [3.8, 4) is 0 Å². The van der Waals surface area contributed by atoms with Gasteiger partial charge >= 0.3 is 0 Å². The summed E-state index contributed by atoms with van der Waals surface area (Å²) < 4.78 is 22.1. The van der Waals surface area contributed by atoms with Gasteiger partial charge in [-0.3, -0.25) is 4.79 Å². The molecule has 0 saturated carbocycles. The first-order valence-electron chi connectivity index (χ1n) is 4.42. The number of nitrogens with one attached hydrogen (secondary N) is 1. The minimum atomic E-state index is -3.35. The second kappa shape index (κ2) is 5.41. The summed E-state index contributed by atoms with van der Waals surface area (Å²) in [5.41, 5.74) is 5.35. The molecule has 0 rings (SSSR count). The van der Waals surface area contributed by atoms with E-state index in [1.807, 2.05) is 0 Å². The summed E-state index contributed by atoms with van der Waals surface area (Å²) >= 11 is 4.72. The van der Waals surface area contributed by atoms with Gasteiger partial charge in [-0.25, -0.2) is 8.42 Å². The molecule has 0 heterocycles. The summed E-state index contributed by atoms with van der Waals surface area (Å²) in [7, 11) is -3.35. The zero-order valence-electron chi connectivity index (χ0n) is 8.98. The zero-order chi connectivity index (χ0) is 12.2. The average molecular weight is 252 g/mol. The van der Waals surface area contributed by atoms with Crippen molar-refractivity contribution >= 4 is 33.0 Å². The van der Waals surface area contributed by atoms with E-state index < -0.39 is 21.0 Å². The average Bonchev–Trinajstić information content (AvgIpc) is 2.10. The lowest BCUT2D eigenvalue weighted by Gasteiger charge is -2.13. The number of hydrogen-bond donors (Lipinski definition) is 2. The first-order chi connectivity index (χ1) is 6.66. The molecule has 1 amide bonds. The van der Waals surface area contributed by atoms with Gasteiger partial charge in [-0.1, -0.05) is 19.1 Å². The zero-order valence-corrected chi connectivity index (χ0v) is 10.6. The lowest BCUT2D eigenvalue weighted by atomic mass is 10.2. The van der Waals surface area contributed by atoms with E-state index in [0.717, 1.165) is 6.26 Å². The fraction of sp³-hybridized carbons (Fsp3) is 0.750. The molecule has 0 aliphatic rings. The third-order valence-corrected chi connectivity index (χ3v) is 3.98. The van der Waals surface area contributed by atoms with Crippen molar-refractivity contribution in [2.24, 2.45) is 11.7 Å². The first-order valence-corrected chi connectivity index (χ1v) is 6.78. The van der Waals surface area contributed by atoms with Crippen molar-refractivity contribution in [3.63, 3.8) is 0 Å². The molecule has 2 unspecified atom stereocenters. The number of nitrogens with two attached hydrogens (primary N) is 1. The van der Waals surface area contributed by atoms with Crippen molar-refractivity contribution in [1.29, 1.82) is 0 Å². The molecule has 0 aliphatic carbocycles. The maximum Gasteiger partial charge on any atom is 0.238 e. The Hall–Kier alpha value is -0.690. The number of amides is 1. The number of carbonyl (C=O) groups is 1. The van der Waals surface area contributed by atoms with Gasteiger partial charge in [0.1, 0.15) is 5.25 Å². The lowest BCUT2D eigenvalue weighted by Crippen LogP contribution is -2.41. The minimum Gasteiger partial charge on any atom is -0.393 e. The smallest absolute Gasteiger partial charge is 0.238 e. The van der Waals surface area contributed by atoms with E-state index in [9.17, 15) is 13.2 Å². The molecule has 0 radical (unpaired) electrons. The standard InChI is InChI=1S/C8H16N2O3S2/c1-5(7(9)14)4-10-8(11)6(2)15(3,12)13/h5-6H,4H2,1-3H3,(H2,9,14)(H,10,11). The van der Waals surface area contributed by atoms with Crippen LogP contribution >= 0.6 is 12.2 Å². The second-order valence-corrected chi connectivity index (χ2v) is 6.36. The van der Waals surface area contributed by atoms with Crippen LogP contribution < -0.4 is 11.1 Å². The predicted molar refractivity (Wildman–Crippen MR) is 63.3 cm³/mol. The molecule has 0 aromatic rings. The molecule has 0 spiro atoms. The molecule has 0 saturated heterocycles. The number of rotatable bonds is 5. The molecule has 5 nitrogen and oxygen atoms in total. The fourth-order valence-electron chi connectivity index (χ4n) is 0.692. The minimum absolute atomic E-state index is 0.143. The van der Waals surface area contributed by atoms with Gasteiger partial charge in [0.15, 0.2) is 9.84 Å². The highest BCUT2D eigenvalue weighted by molar-refractivity contribution is 7.92. The predicted octanol–water partition coefficient (Wildman–Crippen LogP) is -0.542. The number of carbonyl (C=O) groups excluding carboxylic acids is 1. The van der Waals surface area contributed by atoms with Crippen LogP contribution in [0.1, 0.15) is 13.8 Å². The molecule has 88 valence electrons. The quantitative estimate of drug-likeness (QED) is 0.641. The normalized spacial score (nSPS) is 15.4. The lowest BCUT2D eigenvalue weighted by molar-refractivity contribution is -0.120. The van der Waals surface area contributed by atoms with Gasteiger partial charge < -0.3 is 11.1 Å². The molecule has 0 fully saturated rings. The highest BCUT2D eigenvalue weighted by Crippen LogP contribution is 1.99. The van der Waals surface area contributed by atoms with E-state index in [1.165, 1.54) is 6.92 Å². The Morgan fingerprint density at radius 2 is 1.93 bits per heavy atom. The maximum absolute atomic E-state index is 11.3. The van der Waals surface area contributed by atoms with Crippen LogP contribution in [0, 0.1) is 5.92 Å². The Labute approximate surface area is 95.3 Å². The third kappa shape index (κ3) is 5.08. The van der Waals surface area contributed by atoms with Crippen molar-refractivity contribution in [1.82, 2.24) is 5.32 Å². The Morgan fingerprint density at radius 1 is 1.47 bits per heavy atom. The molecular weight excluding hydrogens is 236 g/mol. The largest absolute Gasteiger partial charge is 0.393 e. The summed E-state index contributed by atoms with van der Waals surface area (Å²) in [5, 5.41) is 1.44. The van der Waals surface area contributed by atoms with Crippen LogP contribution in [0.3, 0.4) is 0 Å². The van der Waals surface area contributed by atoms with Crippen LogP contribution in [0.2, 0.25) is 0 Å². The van der Waals surface area contributed by atoms with E-state index in [-0.39, 0.29) is 12.5 Å². The Balaban J connectivity index is 4.23. The Morgan fingerprint density at radius 3 is 2.27 bits per heavy atom. The molecule has 15 heavy (non-hydrogen) atoms. The number of thiocarbonyl (C=S) groups is 1. The van der Waals surface area contributed by atoms with Crippen molar-refractivity contribution in [3.05, 3.63) is 0 Å². The third-order valence-electron chi connectivity index (χ3n) is 2.08. The van der Waals surface area contributed by atoms with Crippen LogP contribution in [-0.2, 0) is 14.6 Å². The monoisotopic (exact) mass is 252 g/mol. The number of sulfone groups is 1. The van der Waals surface area contributed by atoms with Gasteiger partial charge in [0.25, 0.3) is 0 Å². The van der Waals surface area contributed by atoms with Gasteiger partial charge in [0, 0.05) is 18.7 Å². The highest BCUT2D eigenvalue weighted by atomic mass is 32.2. The Kier molecular flexibility index (Phi) is 5.16. The molecule has 3 N–H and O–H groups in total. The second-order valence-electron chi connectivity index (χ2n) is 3.52. The molecule has 0 aromatic carbocycles. The SMILES string of the molecule is CC(CNC(=O)C(C)S(C)(=O)=O)C(N)=S. The Bertz CT molecular complexity index is 351. The molecule has 0 aliphatic heterocycles. The molecular formula is C8H16N2O3S2. The summed E-state index contributed by atoms with van der Waals surface area (Å²) in [6.45, 7) is 3.36. The molecule has 7 heteroatoms.